The van der Waals surface area contributed by atoms with Gasteiger partial charge < -0.3 is 10.2 Å². The van der Waals surface area contributed by atoms with E-state index < -0.39 is 0 Å². The van der Waals surface area contributed by atoms with E-state index in [-0.39, 0.29) is 5.54 Å². The summed E-state index contributed by atoms with van der Waals surface area (Å²) in [6.07, 6.45) is 1.21. The summed E-state index contributed by atoms with van der Waals surface area (Å²) >= 11 is 1.76. The van der Waals surface area contributed by atoms with E-state index in [0.29, 0.717) is 0 Å². The molecule has 5 heteroatoms. The highest BCUT2D eigenvalue weighted by Crippen LogP contribution is 2.13. The molecule has 0 bridgehead atoms. The molecule has 0 saturated carbocycles. The SMILES string of the molecule is CCN(CCCN(C)C)Cc1csc(CNC(C)(C)C)n1. The zero-order valence-corrected chi connectivity index (χ0v) is 15.4. The summed E-state index contributed by atoms with van der Waals surface area (Å²) in [5.74, 6) is 0. The molecule has 1 aromatic heterocycles. The first-order valence-electron chi connectivity index (χ1n) is 7.85. The van der Waals surface area contributed by atoms with Gasteiger partial charge in [-0.2, -0.15) is 0 Å². The highest BCUT2D eigenvalue weighted by atomic mass is 32.1. The molecule has 21 heavy (non-hydrogen) atoms. The molecule has 0 aliphatic heterocycles. The van der Waals surface area contributed by atoms with Crippen LogP contribution in [0, 0.1) is 0 Å². The van der Waals surface area contributed by atoms with Gasteiger partial charge in [0.25, 0.3) is 0 Å². The van der Waals surface area contributed by atoms with Gasteiger partial charge in [0, 0.05) is 24.0 Å². The van der Waals surface area contributed by atoms with Gasteiger partial charge in [0.1, 0.15) is 5.01 Å². The van der Waals surface area contributed by atoms with Gasteiger partial charge in [0.15, 0.2) is 0 Å². The standard InChI is InChI=1S/C16H32N4S/c1-7-20(10-8-9-19(5)6)12-14-13-21-15(18-14)11-17-16(2,3)4/h13,17H,7-12H2,1-6H3. The average molecular weight is 313 g/mol. The molecule has 1 N–H and O–H groups in total. The molecule has 1 aromatic rings. The Balaban J connectivity index is 2.40. The molecule has 0 fully saturated rings. The van der Waals surface area contributed by atoms with Crippen LogP contribution in [0.4, 0.5) is 0 Å². The van der Waals surface area contributed by atoms with E-state index in [9.17, 15) is 0 Å². The molecule has 0 saturated heterocycles. The fourth-order valence-corrected chi connectivity index (χ4v) is 2.76. The summed E-state index contributed by atoms with van der Waals surface area (Å²) in [4.78, 5) is 9.46. The van der Waals surface area contributed by atoms with Crippen molar-refractivity contribution in [2.75, 3.05) is 33.7 Å². The van der Waals surface area contributed by atoms with Gasteiger partial charge in [-0.25, -0.2) is 4.98 Å². The van der Waals surface area contributed by atoms with Gasteiger partial charge in [-0.15, -0.1) is 11.3 Å². The van der Waals surface area contributed by atoms with Crippen molar-refractivity contribution in [3.05, 3.63) is 16.1 Å². The second-order valence-electron chi connectivity index (χ2n) is 6.86. The monoisotopic (exact) mass is 312 g/mol. The average Bonchev–Trinajstić information content (AvgIpc) is 2.81. The number of hydrogen-bond acceptors (Lipinski definition) is 5. The molecule has 0 amide bonds. The number of nitrogens with zero attached hydrogens (tertiary/aromatic N) is 3. The highest BCUT2D eigenvalue weighted by Gasteiger charge is 2.11. The summed E-state index contributed by atoms with van der Waals surface area (Å²) < 4.78 is 0. The maximum atomic E-state index is 4.75. The number of rotatable bonds is 9. The van der Waals surface area contributed by atoms with E-state index in [2.05, 4.69) is 62.3 Å². The Kier molecular flexibility index (Phi) is 7.81. The molecule has 0 spiro atoms. The second kappa shape index (κ2) is 8.83. The first kappa shape index (κ1) is 18.6. The smallest absolute Gasteiger partial charge is 0.107 e. The van der Waals surface area contributed by atoms with Crippen LogP contribution in [-0.4, -0.2) is 54.1 Å². The van der Waals surface area contributed by atoms with Crippen LogP contribution in [0.15, 0.2) is 5.38 Å². The van der Waals surface area contributed by atoms with Crippen molar-refractivity contribution >= 4 is 11.3 Å². The van der Waals surface area contributed by atoms with E-state index in [0.717, 1.165) is 32.7 Å². The van der Waals surface area contributed by atoms with Gasteiger partial charge in [-0.05, 0) is 60.9 Å². The lowest BCUT2D eigenvalue weighted by Crippen LogP contribution is -2.35. The van der Waals surface area contributed by atoms with E-state index >= 15 is 0 Å². The highest BCUT2D eigenvalue weighted by molar-refractivity contribution is 7.09. The van der Waals surface area contributed by atoms with Crippen molar-refractivity contribution in [2.45, 2.75) is 52.7 Å². The first-order valence-corrected chi connectivity index (χ1v) is 8.73. The van der Waals surface area contributed by atoms with Crippen LogP contribution in [0.25, 0.3) is 0 Å². The normalized spacial score (nSPS) is 12.6. The van der Waals surface area contributed by atoms with Crippen molar-refractivity contribution in [3.8, 4) is 0 Å². The Labute approximate surface area is 134 Å². The minimum absolute atomic E-state index is 0.146. The Bertz CT molecular complexity index is 395. The quantitative estimate of drug-likeness (QED) is 0.760. The molecule has 4 nitrogen and oxygen atoms in total. The predicted molar refractivity (Wildman–Crippen MR) is 92.8 cm³/mol. The Morgan fingerprint density at radius 2 is 1.95 bits per heavy atom. The maximum Gasteiger partial charge on any atom is 0.107 e. The maximum absolute atomic E-state index is 4.75. The zero-order chi connectivity index (χ0) is 15.9. The number of nitrogens with one attached hydrogen (secondary N) is 1. The second-order valence-corrected chi connectivity index (χ2v) is 7.80. The molecular formula is C16H32N4S. The molecule has 0 atom stereocenters. The van der Waals surface area contributed by atoms with E-state index in [4.69, 9.17) is 4.98 Å². The molecular weight excluding hydrogens is 280 g/mol. The van der Waals surface area contributed by atoms with Crippen molar-refractivity contribution in [3.63, 3.8) is 0 Å². The van der Waals surface area contributed by atoms with Crippen LogP contribution in [-0.2, 0) is 13.1 Å². The van der Waals surface area contributed by atoms with Crippen molar-refractivity contribution in [2.24, 2.45) is 0 Å². The minimum Gasteiger partial charge on any atom is -0.309 e. The lowest BCUT2D eigenvalue weighted by molar-refractivity contribution is 0.257. The number of hydrogen-bond donors (Lipinski definition) is 1. The van der Waals surface area contributed by atoms with Gasteiger partial charge in [-0.1, -0.05) is 6.92 Å². The van der Waals surface area contributed by atoms with Gasteiger partial charge in [0.05, 0.1) is 5.69 Å². The number of aromatic nitrogens is 1. The third-order valence-corrected chi connectivity index (χ3v) is 4.18. The molecule has 1 rings (SSSR count). The Morgan fingerprint density at radius 3 is 2.52 bits per heavy atom. The van der Waals surface area contributed by atoms with Crippen LogP contribution in [0.2, 0.25) is 0 Å². The molecule has 0 aliphatic rings. The van der Waals surface area contributed by atoms with Crippen molar-refractivity contribution in [1.82, 2.24) is 20.1 Å². The Morgan fingerprint density at radius 1 is 1.24 bits per heavy atom. The molecule has 0 aromatic carbocycles. The van der Waals surface area contributed by atoms with Crippen molar-refractivity contribution in [1.29, 1.82) is 0 Å². The van der Waals surface area contributed by atoms with Gasteiger partial charge in [0.2, 0.25) is 0 Å². The van der Waals surface area contributed by atoms with Crippen LogP contribution >= 0.6 is 11.3 Å². The van der Waals surface area contributed by atoms with Crippen LogP contribution in [0.1, 0.15) is 44.8 Å². The molecule has 0 unspecified atom stereocenters. The van der Waals surface area contributed by atoms with E-state index in [1.54, 1.807) is 11.3 Å². The van der Waals surface area contributed by atoms with Crippen LogP contribution in [0.5, 0.6) is 0 Å². The van der Waals surface area contributed by atoms with Crippen LogP contribution < -0.4 is 5.32 Å². The number of thiazole rings is 1. The van der Waals surface area contributed by atoms with Gasteiger partial charge in [-0.3, -0.25) is 4.90 Å². The van der Waals surface area contributed by atoms with Gasteiger partial charge >= 0.3 is 0 Å². The molecule has 0 radical (unpaired) electrons. The van der Waals surface area contributed by atoms with Crippen LogP contribution in [0.3, 0.4) is 0 Å². The fraction of sp³-hybridized carbons (Fsp3) is 0.812. The zero-order valence-electron chi connectivity index (χ0n) is 14.6. The lowest BCUT2D eigenvalue weighted by atomic mass is 10.1. The summed E-state index contributed by atoms with van der Waals surface area (Å²) in [5, 5.41) is 6.88. The third-order valence-electron chi connectivity index (χ3n) is 3.28. The summed E-state index contributed by atoms with van der Waals surface area (Å²) in [6.45, 7) is 14.0. The molecule has 1 heterocycles. The predicted octanol–water partition coefficient (Wildman–Crippen LogP) is 2.80. The fourth-order valence-electron chi connectivity index (χ4n) is 2.03. The summed E-state index contributed by atoms with van der Waals surface area (Å²) in [5.41, 5.74) is 1.35. The van der Waals surface area contributed by atoms with E-state index in [1.165, 1.54) is 17.1 Å². The largest absolute Gasteiger partial charge is 0.309 e. The molecule has 122 valence electrons. The van der Waals surface area contributed by atoms with Crippen molar-refractivity contribution < 1.29 is 0 Å². The lowest BCUT2D eigenvalue weighted by Gasteiger charge is -2.20. The molecule has 0 aliphatic carbocycles. The van der Waals surface area contributed by atoms with E-state index in [1.807, 2.05) is 0 Å². The summed E-state index contributed by atoms with van der Waals surface area (Å²) in [7, 11) is 4.26. The first-order chi connectivity index (χ1) is 9.80. The summed E-state index contributed by atoms with van der Waals surface area (Å²) in [6, 6.07) is 0. The minimum atomic E-state index is 0.146. The Hall–Kier alpha value is -0.490. The third kappa shape index (κ3) is 8.51. The topological polar surface area (TPSA) is 31.4 Å².